The maximum atomic E-state index is 12.6. The van der Waals surface area contributed by atoms with Crippen molar-refractivity contribution in [1.29, 1.82) is 0 Å². The van der Waals surface area contributed by atoms with Crippen molar-refractivity contribution in [2.24, 2.45) is 5.14 Å². The van der Waals surface area contributed by atoms with Crippen LogP contribution in [0.25, 0.3) is 20.7 Å². The molecular weight excluding hydrogens is 504 g/mol. The number of ether oxygens (including phenoxy) is 1. The van der Waals surface area contributed by atoms with Crippen molar-refractivity contribution in [1.82, 2.24) is 15.0 Å². The highest BCUT2D eigenvalue weighted by Crippen LogP contribution is 2.36. The van der Waals surface area contributed by atoms with E-state index in [1.165, 1.54) is 16.0 Å². The topological polar surface area (TPSA) is 123 Å². The Morgan fingerprint density at radius 2 is 1.80 bits per heavy atom. The van der Waals surface area contributed by atoms with Gasteiger partial charge in [0.2, 0.25) is 0 Å². The van der Waals surface area contributed by atoms with E-state index in [9.17, 15) is 13.2 Å². The van der Waals surface area contributed by atoms with Crippen LogP contribution in [0.15, 0.2) is 65.4 Å². The van der Waals surface area contributed by atoms with Crippen molar-refractivity contribution < 1.29 is 17.9 Å². The molecule has 0 bridgehead atoms. The van der Waals surface area contributed by atoms with Gasteiger partial charge in [-0.25, -0.2) is 19.6 Å². The van der Waals surface area contributed by atoms with Gasteiger partial charge in [-0.3, -0.25) is 0 Å². The molecule has 4 rings (SSSR count). The van der Waals surface area contributed by atoms with Crippen molar-refractivity contribution in [3.63, 3.8) is 0 Å². The molecule has 184 valence electrons. The van der Waals surface area contributed by atoms with E-state index in [1.807, 2.05) is 47.8 Å². The lowest BCUT2D eigenvalue weighted by Gasteiger charge is -2.17. The summed E-state index contributed by atoms with van der Waals surface area (Å²) in [5.41, 5.74) is 2.72. The number of alkyl carbamates (subject to hydrolysis) is 1. The first-order valence-electron chi connectivity index (χ1n) is 11.1. The Bertz CT molecular complexity index is 1370. The summed E-state index contributed by atoms with van der Waals surface area (Å²) in [5, 5.41) is 14.0. The molecule has 0 spiro atoms. The Labute approximate surface area is 212 Å². The summed E-state index contributed by atoms with van der Waals surface area (Å²) < 4.78 is 31.0. The molecule has 0 radical (unpaired) electrons. The quantitative estimate of drug-likeness (QED) is 0.237. The van der Waals surface area contributed by atoms with Crippen molar-refractivity contribution in [3.05, 3.63) is 76.6 Å². The standard InChI is InChI=1S/C24H26N4O4S3/c25-35(30,31)26-13-7-6-11-20(28-24(29)32-14-17-8-2-1-3-9-17)21-16-34-23(27-21)19-15-33-22-12-5-4-10-18(19)22/h1-5,8-10,12,15-16,20,26H,6-7,11,13-14H2,(H,28,29)(H2,25,30,31)/t20-/m0/s1. The zero-order chi connectivity index (χ0) is 24.7. The van der Waals surface area contributed by atoms with E-state index < -0.39 is 16.3 Å². The normalized spacial score (nSPS) is 12.5. The molecule has 2 aromatic heterocycles. The first kappa shape index (κ1) is 25.3. The number of nitrogens with two attached hydrogens (primary N) is 1. The number of hydrogen-bond donors (Lipinski definition) is 3. The third-order valence-corrected chi connectivity index (χ3v) is 7.78. The number of carbonyl (C=O) groups is 1. The molecule has 0 aliphatic carbocycles. The SMILES string of the molecule is NS(=O)(=O)NCCCC[C@H](NC(=O)OCc1ccccc1)c1csc(-c2csc3ccccc23)n1. The zero-order valence-electron chi connectivity index (χ0n) is 18.8. The van der Waals surface area contributed by atoms with Gasteiger partial charge in [-0.2, -0.15) is 8.42 Å². The van der Waals surface area contributed by atoms with Crippen LogP contribution in [0, 0.1) is 0 Å². The maximum absolute atomic E-state index is 12.6. The molecule has 0 saturated heterocycles. The molecule has 2 aromatic carbocycles. The third-order valence-electron chi connectivity index (χ3n) is 5.32. The van der Waals surface area contributed by atoms with Crippen molar-refractivity contribution in [3.8, 4) is 10.6 Å². The second-order valence-corrected chi connectivity index (χ2v) is 11.1. The number of nitrogens with zero attached hydrogens (tertiary/aromatic N) is 1. The van der Waals surface area contributed by atoms with Crippen LogP contribution in [0.1, 0.15) is 36.6 Å². The molecule has 4 N–H and O–H groups in total. The molecule has 8 nitrogen and oxygen atoms in total. The minimum atomic E-state index is -3.72. The van der Waals surface area contributed by atoms with E-state index in [0.717, 1.165) is 27.2 Å². The van der Waals surface area contributed by atoms with Gasteiger partial charge in [0, 0.05) is 33.0 Å². The molecule has 0 saturated carbocycles. The average molecular weight is 531 g/mol. The number of rotatable bonds is 11. The molecule has 2 heterocycles. The van der Waals surface area contributed by atoms with Crippen LogP contribution >= 0.6 is 22.7 Å². The highest BCUT2D eigenvalue weighted by Gasteiger charge is 2.20. The average Bonchev–Trinajstić information content (AvgIpc) is 3.49. The van der Waals surface area contributed by atoms with Crippen molar-refractivity contribution in [2.75, 3.05) is 6.54 Å². The summed E-state index contributed by atoms with van der Waals surface area (Å²) in [6.07, 6.45) is 1.26. The number of thiazole rings is 1. The second kappa shape index (κ2) is 11.7. The van der Waals surface area contributed by atoms with Crippen LogP contribution in [0.2, 0.25) is 0 Å². The summed E-state index contributed by atoms with van der Waals surface area (Å²) in [4.78, 5) is 17.4. The Balaban J connectivity index is 1.44. The van der Waals surface area contributed by atoms with E-state index in [2.05, 4.69) is 27.6 Å². The molecule has 1 atom stereocenters. The van der Waals surface area contributed by atoms with Crippen molar-refractivity contribution >= 4 is 49.1 Å². The van der Waals surface area contributed by atoms with E-state index >= 15 is 0 Å². The highest BCUT2D eigenvalue weighted by atomic mass is 32.2. The van der Waals surface area contributed by atoms with Crippen LogP contribution < -0.4 is 15.2 Å². The molecule has 0 unspecified atom stereocenters. The lowest BCUT2D eigenvalue weighted by Crippen LogP contribution is -2.32. The van der Waals surface area contributed by atoms with Crippen LogP contribution in [0.5, 0.6) is 0 Å². The first-order valence-corrected chi connectivity index (χ1v) is 14.4. The molecule has 4 aromatic rings. The lowest BCUT2D eigenvalue weighted by atomic mass is 10.1. The van der Waals surface area contributed by atoms with Gasteiger partial charge in [0.05, 0.1) is 11.7 Å². The summed E-state index contributed by atoms with van der Waals surface area (Å²) >= 11 is 3.20. The van der Waals surface area contributed by atoms with Crippen LogP contribution in [0.4, 0.5) is 4.79 Å². The number of amides is 1. The molecule has 1 amide bonds. The number of aromatic nitrogens is 1. The summed E-state index contributed by atoms with van der Waals surface area (Å²) in [5.74, 6) is 0. The van der Waals surface area contributed by atoms with Crippen LogP contribution in [-0.2, 0) is 21.6 Å². The predicted molar refractivity (Wildman–Crippen MR) is 140 cm³/mol. The third kappa shape index (κ3) is 7.33. The smallest absolute Gasteiger partial charge is 0.408 e. The summed E-state index contributed by atoms with van der Waals surface area (Å²) in [6, 6.07) is 17.3. The zero-order valence-corrected chi connectivity index (χ0v) is 21.3. The highest BCUT2D eigenvalue weighted by molar-refractivity contribution is 7.87. The fourth-order valence-electron chi connectivity index (χ4n) is 3.60. The molecular formula is C24H26N4O4S3. The monoisotopic (exact) mass is 530 g/mol. The minimum Gasteiger partial charge on any atom is -0.445 e. The fourth-order valence-corrected chi connectivity index (χ4v) is 5.95. The van der Waals surface area contributed by atoms with Gasteiger partial charge in [0.15, 0.2) is 0 Å². The maximum Gasteiger partial charge on any atom is 0.408 e. The fraction of sp³-hybridized carbons (Fsp3) is 0.250. The Kier molecular flexibility index (Phi) is 8.47. The van der Waals surface area contributed by atoms with Gasteiger partial charge in [0.25, 0.3) is 10.2 Å². The lowest BCUT2D eigenvalue weighted by molar-refractivity contribution is 0.134. The van der Waals surface area contributed by atoms with Gasteiger partial charge < -0.3 is 10.1 Å². The number of carbonyl (C=O) groups excluding carboxylic acids is 1. The minimum absolute atomic E-state index is 0.168. The Hall–Kier alpha value is -2.83. The first-order chi connectivity index (χ1) is 16.9. The van der Waals surface area contributed by atoms with Gasteiger partial charge >= 0.3 is 6.09 Å². The summed E-state index contributed by atoms with van der Waals surface area (Å²) in [7, 11) is -3.72. The molecule has 0 aliphatic heterocycles. The molecule has 0 aliphatic rings. The summed E-state index contributed by atoms with van der Waals surface area (Å²) in [6.45, 7) is 0.397. The van der Waals surface area contributed by atoms with Gasteiger partial charge in [-0.1, -0.05) is 48.5 Å². The van der Waals surface area contributed by atoms with Gasteiger partial charge in [-0.15, -0.1) is 22.7 Å². The van der Waals surface area contributed by atoms with Crippen LogP contribution in [-0.4, -0.2) is 26.0 Å². The number of nitrogens with one attached hydrogen (secondary N) is 2. The van der Waals surface area contributed by atoms with E-state index in [-0.39, 0.29) is 19.2 Å². The number of hydrogen-bond acceptors (Lipinski definition) is 7. The molecule has 11 heteroatoms. The van der Waals surface area contributed by atoms with Crippen molar-refractivity contribution in [2.45, 2.75) is 31.9 Å². The number of benzene rings is 2. The van der Waals surface area contributed by atoms with Crippen LogP contribution in [0.3, 0.4) is 0 Å². The van der Waals surface area contributed by atoms with E-state index in [4.69, 9.17) is 14.9 Å². The number of thiophene rings is 1. The van der Waals surface area contributed by atoms with Gasteiger partial charge in [-0.05, 0) is 30.9 Å². The number of unbranched alkanes of at least 4 members (excludes halogenated alkanes) is 1. The molecule has 0 fully saturated rings. The van der Waals surface area contributed by atoms with Gasteiger partial charge in [0.1, 0.15) is 11.6 Å². The molecule has 35 heavy (non-hydrogen) atoms. The predicted octanol–water partition coefficient (Wildman–Crippen LogP) is 4.96. The number of fused-ring (bicyclic) bond motifs is 1. The largest absolute Gasteiger partial charge is 0.445 e. The Morgan fingerprint density at radius 1 is 1.03 bits per heavy atom. The second-order valence-electron chi connectivity index (χ2n) is 7.92. The van der Waals surface area contributed by atoms with E-state index in [1.54, 1.807) is 11.3 Å². The van der Waals surface area contributed by atoms with E-state index in [0.29, 0.717) is 19.3 Å². The Morgan fingerprint density at radius 3 is 2.60 bits per heavy atom.